The zero-order chi connectivity index (χ0) is 9.84. The topological polar surface area (TPSA) is 59.7 Å². The Hall–Kier alpha value is -1.29. The van der Waals surface area contributed by atoms with Crippen LogP contribution in [0.5, 0.6) is 0 Å². The number of furan rings is 1. The molecule has 0 saturated heterocycles. The van der Waals surface area contributed by atoms with Crippen LogP contribution in [-0.4, -0.2) is 24.3 Å². The van der Waals surface area contributed by atoms with Gasteiger partial charge in [-0.2, -0.15) is 0 Å². The Bertz CT molecular complexity index is 288. The standard InChI is InChI=1S/C9H12O4/c1-6(10)5-7-3-4-8(13-7)9(11)12-2/h3-4,6,10H,5H2,1-2H3. The molecule has 4 nitrogen and oxygen atoms in total. The van der Waals surface area contributed by atoms with Gasteiger partial charge in [-0.25, -0.2) is 4.79 Å². The third-order valence-corrected chi connectivity index (χ3v) is 1.54. The number of carbonyl (C=O) groups is 1. The molecule has 1 aromatic rings. The highest BCUT2D eigenvalue weighted by Crippen LogP contribution is 2.10. The van der Waals surface area contributed by atoms with Crippen molar-refractivity contribution in [2.24, 2.45) is 0 Å². The number of hydrogen-bond acceptors (Lipinski definition) is 4. The number of ether oxygens (including phenoxy) is 1. The molecule has 0 aliphatic heterocycles. The number of hydrogen-bond donors (Lipinski definition) is 1. The lowest BCUT2D eigenvalue weighted by Crippen LogP contribution is -2.03. The average molecular weight is 184 g/mol. The van der Waals surface area contributed by atoms with Crippen LogP contribution in [0, 0.1) is 0 Å². The van der Waals surface area contributed by atoms with Crippen LogP contribution in [0.1, 0.15) is 23.2 Å². The molecule has 0 spiro atoms. The zero-order valence-electron chi connectivity index (χ0n) is 7.61. The summed E-state index contributed by atoms with van der Waals surface area (Å²) in [5, 5.41) is 9.03. The highest BCUT2D eigenvalue weighted by molar-refractivity contribution is 5.86. The first-order valence-electron chi connectivity index (χ1n) is 3.98. The van der Waals surface area contributed by atoms with Gasteiger partial charge in [0.25, 0.3) is 0 Å². The van der Waals surface area contributed by atoms with Crippen LogP contribution in [0.25, 0.3) is 0 Å². The second-order valence-corrected chi connectivity index (χ2v) is 2.81. The van der Waals surface area contributed by atoms with Crippen molar-refractivity contribution < 1.29 is 19.1 Å². The first-order valence-corrected chi connectivity index (χ1v) is 3.98. The van der Waals surface area contributed by atoms with Gasteiger partial charge in [0, 0.05) is 6.42 Å². The third-order valence-electron chi connectivity index (χ3n) is 1.54. The monoisotopic (exact) mass is 184 g/mol. The minimum atomic E-state index is -0.503. The van der Waals surface area contributed by atoms with E-state index in [1.165, 1.54) is 13.2 Å². The van der Waals surface area contributed by atoms with Gasteiger partial charge in [0.2, 0.25) is 5.76 Å². The number of methoxy groups -OCH3 is 1. The van der Waals surface area contributed by atoms with Gasteiger partial charge in [0.05, 0.1) is 13.2 Å². The second-order valence-electron chi connectivity index (χ2n) is 2.81. The lowest BCUT2D eigenvalue weighted by atomic mass is 10.2. The maximum atomic E-state index is 10.9. The molecule has 0 radical (unpaired) electrons. The minimum Gasteiger partial charge on any atom is -0.463 e. The molecule has 1 rings (SSSR count). The predicted molar refractivity (Wildman–Crippen MR) is 45.4 cm³/mol. The average Bonchev–Trinajstić information content (AvgIpc) is 2.50. The van der Waals surface area contributed by atoms with Crippen molar-refractivity contribution in [2.45, 2.75) is 19.4 Å². The summed E-state index contributed by atoms with van der Waals surface area (Å²) in [4.78, 5) is 10.9. The Morgan fingerprint density at radius 2 is 2.38 bits per heavy atom. The van der Waals surface area contributed by atoms with Gasteiger partial charge in [-0.15, -0.1) is 0 Å². The number of aliphatic hydroxyl groups excluding tert-OH is 1. The van der Waals surface area contributed by atoms with E-state index in [9.17, 15) is 4.79 Å². The molecule has 0 fully saturated rings. The van der Waals surface area contributed by atoms with Gasteiger partial charge in [-0.1, -0.05) is 0 Å². The van der Waals surface area contributed by atoms with Gasteiger partial charge in [0.1, 0.15) is 5.76 Å². The van der Waals surface area contributed by atoms with Gasteiger partial charge in [-0.3, -0.25) is 0 Å². The molecule has 13 heavy (non-hydrogen) atoms. The molecule has 1 N–H and O–H groups in total. The number of carbonyl (C=O) groups excluding carboxylic acids is 1. The van der Waals surface area contributed by atoms with E-state index < -0.39 is 12.1 Å². The van der Waals surface area contributed by atoms with Crippen molar-refractivity contribution in [1.29, 1.82) is 0 Å². The Kier molecular flexibility index (Phi) is 3.08. The fraction of sp³-hybridized carbons (Fsp3) is 0.444. The maximum Gasteiger partial charge on any atom is 0.373 e. The van der Waals surface area contributed by atoms with Crippen molar-refractivity contribution >= 4 is 5.97 Å². The van der Waals surface area contributed by atoms with Crippen LogP contribution in [0.4, 0.5) is 0 Å². The van der Waals surface area contributed by atoms with Gasteiger partial charge >= 0.3 is 5.97 Å². The van der Waals surface area contributed by atoms with Crippen molar-refractivity contribution in [3.8, 4) is 0 Å². The molecular weight excluding hydrogens is 172 g/mol. The summed E-state index contributed by atoms with van der Waals surface area (Å²) in [5.41, 5.74) is 0. The van der Waals surface area contributed by atoms with Gasteiger partial charge < -0.3 is 14.3 Å². The minimum absolute atomic E-state index is 0.165. The molecule has 1 unspecified atom stereocenters. The first-order chi connectivity index (χ1) is 6.13. The second kappa shape index (κ2) is 4.09. The Morgan fingerprint density at radius 3 is 2.92 bits per heavy atom. The SMILES string of the molecule is COC(=O)c1ccc(CC(C)O)o1. The molecule has 0 aliphatic rings. The van der Waals surface area contributed by atoms with Crippen LogP contribution < -0.4 is 0 Å². The fourth-order valence-corrected chi connectivity index (χ4v) is 0.989. The molecule has 0 bridgehead atoms. The summed E-state index contributed by atoms with van der Waals surface area (Å²) in [6, 6.07) is 3.18. The Morgan fingerprint density at radius 1 is 1.69 bits per heavy atom. The fourth-order valence-electron chi connectivity index (χ4n) is 0.989. The quantitative estimate of drug-likeness (QED) is 0.711. The van der Waals surface area contributed by atoms with E-state index in [-0.39, 0.29) is 5.76 Å². The summed E-state index contributed by atoms with van der Waals surface area (Å²) in [7, 11) is 1.29. The highest BCUT2D eigenvalue weighted by Gasteiger charge is 2.11. The summed E-state index contributed by atoms with van der Waals surface area (Å²) in [5.74, 6) is 0.241. The van der Waals surface area contributed by atoms with Crippen molar-refractivity contribution in [3.05, 3.63) is 23.7 Å². The van der Waals surface area contributed by atoms with E-state index in [1.54, 1.807) is 13.0 Å². The largest absolute Gasteiger partial charge is 0.463 e. The first kappa shape index (κ1) is 9.80. The van der Waals surface area contributed by atoms with Crippen LogP contribution in [-0.2, 0) is 11.2 Å². The molecule has 1 atom stereocenters. The van der Waals surface area contributed by atoms with Crippen LogP contribution in [0.2, 0.25) is 0 Å². The van der Waals surface area contributed by atoms with Crippen molar-refractivity contribution in [2.75, 3.05) is 7.11 Å². The number of aliphatic hydroxyl groups is 1. The highest BCUT2D eigenvalue weighted by atomic mass is 16.5. The predicted octanol–water partition coefficient (Wildman–Crippen LogP) is 0.990. The molecular formula is C9H12O4. The normalized spacial score (nSPS) is 12.5. The van der Waals surface area contributed by atoms with E-state index in [0.717, 1.165) is 0 Å². The van der Waals surface area contributed by atoms with E-state index in [0.29, 0.717) is 12.2 Å². The smallest absolute Gasteiger partial charge is 0.373 e. The molecule has 0 aromatic carbocycles. The molecule has 1 aromatic heterocycles. The van der Waals surface area contributed by atoms with Crippen LogP contribution >= 0.6 is 0 Å². The van der Waals surface area contributed by atoms with Crippen molar-refractivity contribution in [3.63, 3.8) is 0 Å². The molecule has 1 heterocycles. The molecule has 0 aliphatic carbocycles. The van der Waals surface area contributed by atoms with Gasteiger partial charge in [0.15, 0.2) is 0 Å². The Balaban J connectivity index is 2.69. The maximum absolute atomic E-state index is 10.9. The third kappa shape index (κ3) is 2.59. The lowest BCUT2D eigenvalue weighted by Gasteiger charge is -1.99. The zero-order valence-corrected chi connectivity index (χ0v) is 7.61. The molecule has 0 amide bonds. The van der Waals surface area contributed by atoms with E-state index in [1.807, 2.05) is 0 Å². The van der Waals surface area contributed by atoms with Crippen LogP contribution in [0.3, 0.4) is 0 Å². The summed E-state index contributed by atoms with van der Waals surface area (Å²) in [6.07, 6.45) is -0.0755. The summed E-state index contributed by atoms with van der Waals surface area (Å²) in [6.45, 7) is 1.65. The number of esters is 1. The molecule has 4 heteroatoms. The van der Waals surface area contributed by atoms with E-state index in [2.05, 4.69) is 4.74 Å². The molecule has 0 saturated carbocycles. The lowest BCUT2D eigenvalue weighted by molar-refractivity contribution is 0.0561. The number of rotatable bonds is 3. The van der Waals surface area contributed by atoms with E-state index in [4.69, 9.17) is 9.52 Å². The van der Waals surface area contributed by atoms with E-state index >= 15 is 0 Å². The van der Waals surface area contributed by atoms with Crippen molar-refractivity contribution in [1.82, 2.24) is 0 Å². The summed E-state index contributed by atoms with van der Waals surface area (Å²) >= 11 is 0. The van der Waals surface area contributed by atoms with Crippen LogP contribution in [0.15, 0.2) is 16.5 Å². The summed E-state index contributed by atoms with van der Waals surface area (Å²) < 4.78 is 9.57. The molecule has 72 valence electrons. The Labute approximate surface area is 76.1 Å². The van der Waals surface area contributed by atoms with Gasteiger partial charge in [-0.05, 0) is 19.1 Å².